The van der Waals surface area contributed by atoms with Gasteiger partial charge in [-0.05, 0) is 19.1 Å². The molecule has 0 aromatic carbocycles. The highest BCUT2D eigenvalue weighted by Crippen LogP contribution is 1.95. The average molecular weight is 195 g/mol. The van der Waals surface area contributed by atoms with E-state index in [9.17, 15) is 4.79 Å². The molecule has 0 atom stereocenters. The van der Waals surface area contributed by atoms with E-state index in [1.165, 1.54) is 13.3 Å². The smallest absolute Gasteiger partial charge is 0.159 e. The summed E-state index contributed by atoms with van der Waals surface area (Å²) < 4.78 is 0. The Balaban J connectivity index is 0. The number of hydrogen-bond donors (Lipinski definition) is 0. The van der Waals surface area contributed by atoms with Gasteiger partial charge in [-0.25, -0.2) is 0 Å². The fraction of sp³-hybridized carbons (Fsp3) is 0.500. The van der Waals surface area contributed by atoms with Gasteiger partial charge in [0, 0.05) is 18.0 Å². The fourth-order valence-corrected chi connectivity index (χ4v) is 0.587. The summed E-state index contributed by atoms with van der Waals surface area (Å²) in [6, 6.07) is 3.39. The van der Waals surface area contributed by atoms with Crippen molar-refractivity contribution in [2.24, 2.45) is 0 Å². The topological polar surface area (TPSA) is 30.0 Å². The highest BCUT2D eigenvalue weighted by Gasteiger charge is 1.93. The van der Waals surface area contributed by atoms with Gasteiger partial charge in [0.25, 0.3) is 0 Å². The minimum absolute atomic E-state index is 0.0809. The molecule has 14 heavy (non-hydrogen) atoms. The molecule has 1 rings (SSSR count). The SMILES string of the molecule is CC.CC(=O)c1ccncc1.CCC. The van der Waals surface area contributed by atoms with Crippen molar-refractivity contribution in [3.8, 4) is 0 Å². The van der Waals surface area contributed by atoms with Crippen LogP contribution in [0.5, 0.6) is 0 Å². The van der Waals surface area contributed by atoms with Gasteiger partial charge in [-0.2, -0.15) is 0 Å². The van der Waals surface area contributed by atoms with Gasteiger partial charge in [-0.3, -0.25) is 9.78 Å². The van der Waals surface area contributed by atoms with Crippen LogP contribution in [0.2, 0.25) is 0 Å². The quantitative estimate of drug-likeness (QED) is 0.639. The zero-order valence-electron chi connectivity index (χ0n) is 9.87. The Morgan fingerprint density at radius 1 is 1.21 bits per heavy atom. The summed E-state index contributed by atoms with van der Waals surface area (Å²) in [6.07, 6.45) is 4.47. The second kappa shape index (κ2) is 11.8. The molecule has 0 saturated carbocycles. The molecule has 0 bridgehead atoms. The lowest BCUT2D eigenvalue weighted by molar-refractivity contribution is 0.101. The van der Waals surface area contributed by atoms with Crippen molar-refractivity contribution in [2.45, 2.75) is 41.0 Å². The number of carbonyl (C=O) groups is 1. The van der Waals surface area contributed by atoms with Gasteiger partial charge in [-0.1, -0.05) is 34.1 Å². The lowest BCUT2D eigenvalue weighted by Gasteiger charge is -1.88. The van der Waals surface area contributed by atoms with E-state index in [4.69, 9.17) is 0 Å². The third-order valence-electron chi connectivity index (χ3n) is 1.09. The molecule has 1 aromatic heterocycles. The number of rotatable bonds is 1. The average Bonchev–Trinajstić information content (AvgIpc) is 2.23. The van der Waals surface area contributed by atoms with Gasteiger partial charge in [0.05, 0.1) is 0 Å². The number of ketones is 1. The lowest BCUT2D eigenvalue weighted by atomic mass is 10.2. The van der Waals surface area contributed by atoms with Crippen LogP contribution in [0.15, 0.2) is 24.5 Å². The Kier molecular flexibility index (Phi) is 12.9. The minimum atomic E-state index is 0.0809. The first kappa shape index (κ1) is 15.3. The van der Waals surface area contributed by atoms with Crippen LogP contribution in [-0.2, 0) is 0 Å². The van der Waals surface area contributed by atoms with E-state index in [-0.39, 0.29) is 5.78 Å². The van der Waals surface area contributed by atoms with Crippen LogP contribution in [0.3, 0.4) is 0 Å². The van der Waals surface area contributed by atoms with Crippen molar-refractivity contribution >= 4 is 5.78 Å². The van der Waals surface area contributed by atoms with Gasteiger partial charge in [-0.15, -0.1) is 0 Å². The van der Waals surface area contributed by atoms with E-state index < -0.39 is 0 Å². The second-order valence-corrected chi connectivity index (χ2v) is 2.50. The maximum atomic E-state index is 10.6. The molecule has 2 heteroatoms. The van der Waals surface area contributed by atoms with Crippen LogP contribution in [0.25, 0.3) is 0 Å². The molecule has 0 aliphatic heterocycles. The third-order valence-corrected chi connectivity index (χ3v) is 1.09. The zero-order chi connectivity index (χ0) is 11.4. The van der Waals surface area contributed by atoms with E-state index in [0.29, 0.717) is 5.56 Å². The lowest BCUT2D eigenvalue weighted by Crippen LogP contribution is -1.89. The molecule has 0 fully saturated rings. The Morgan fingerprint density at radius 3 is 1.79 bits per heavy atom. The van der Waals surface area contributed by atoms with Gasteiger partial charge in [0.2, 0.25) is 0 Å². The molecule has 0 amide bonds. The summed E-state index contributed by atoms with van der Waals surface area (Å²) >= 11 is 0. The van der Waals surface area contributed by atoms with Crippen LogP contribution < -0.4 is 0 Å². The first-order chi connectivity index (χ1) is 6.72. The van der Waals surface area contributed by atoms with Crippen molar-refractivity contribution in [3.05, 3.63) is 30.1 Å². The van der Waals surface area contributed by atoms with Crippen molar-refractivity contribution in [2.75, 3.05) is 0 Å². The predicted octanol–water partition coefficient (Wildman–Crippen LogP) is 3.73. The molecule has 1 aromatic rings. The van der Waals surface area contributed by atoms with Gasteiger partial charge in [0.15, 0.2) is 5.78 Å². The standard InChI is InChI=1S/C7H7NO.C3H8.C2H6/c1-6(9)7-2-4-8-5-3-7;1-3-2;1-2/h2-5H,1H3;3H2,1-2H3;1-2H3. The Morgan fingerprint density at radius 2 is 1.57 bits per heavy atom. The number of carbonyl (C=O) groups excluding carboxylic acids is 1. The largest absolute Gasteiger partial charge is 0.295 e. The van der Waals surface area contributed by atoms with Crippen molar-refractivity contribution in [3.63, 3.8) is 0 Å². The highest BCUT2D eigenvalue weighted by atomic mass is 16.1. The normalized spacial score (nSPS) is 7.50. The maximum absolute atomic E-state index is 10.6. The molecule has 0 unspecified atom stereocenters. The maximum Gasteiger partial charge on any atom is 0.159 e. The molecule has 0 aliphatic carbocycles. The summed E-state index contributed by atoms with van der Waals surface area (Å²) in [6.45, 7) is 9.79. The van der Waals surface area contributed by atoms with Crippen molar-refractivity contribution in [1.82, 2.24) is 4.98 Å². The van der Waals surface area contributed by atoms with Gasteiger partial charge < -0.3 is 0 Å². The highest BCUT2D eigenvalue weighted by molar-refractivity contribution is 5.93. The van der Waals surface area contributed by atoms with Crippen molar-refractivity contribution < 1.29 is 4.79 Å². The summed E-state index contributed by atoms with van der Waals surface area (Å²) in [5.74, 6) is 0.0809. The fourth-order valence-electron chi connectivity index (χ4n) is 0.587. The van der Waals surface area contributed by atoms with Crippen LogP contribution in [-0.4, -0.2) is 10.8 Å². The monoisotopic (exact) mass is 195 g/mol. The Labute approximate surface area is 87.4 Å². The van der Waals surface area contributed by atoms with E-state index in [1.54, 1.807) is 24.5 Å². The number of hydrogen-bond acceptors (Lipinski definition) is 2. The summed E-state index contributed by atoms with van der Waals surface area (Å²) in [5.41, 5.74) is 0.713. The van der Waals surface area contributed by atoms with E-state index in [0.717, 1.165) is 0 Å². The molecular formula is C12H21NO. The van der Waals surface area contributed by atoms with Gasteiger partial charge >= 0.3 is 0 Å². The van der Waals surface area contributed by atoms with Crippen LogP contribution in [0.4, 0.5) is 0 Å². The molecule has 1 heterocycles. The third kappa shape index (κ3) is 8.91. The Hall–Kier alpha value is -1.18. The number of Topliss-reactive ketones (excluding diaryl/α,β-unsaturated/α-hetero) is 1. The first-order valence-corrected chi connectivity index (χ1v) is 5.13. The first-order valence-electron chi connectivity index (χ1n) is 5.13. The summed E-state index contributed by atoms with van der Waals surface area (Å²) in [5, 5.41) is 0. The summed E-state index contributed by atoms with van der Waals surface area (Å²) in [7, 11) is 0. The number of nitrogens with zero attached hydrogens (tertiary/aromatic N) is 1. The van der Waals surface area contributed by atoms with E-state index in [2.05, 4.69) is 18.8 Å². The van der Waals surface area contributed by atoms with Crippen LogP contribution in [0, 0.1) is 0 Å². The zero-order valence-corrected chi connectivity index (χ0v) is 9.87. The van der Waals surface area contributed by atoms with Crippen LogP contribution >= 0.6 is 0 Å². The van der Waals surface area contributed by atoms with Crippen LogP contribution in [0.1, 0.15) is 51.4 Å². The molecular weight excluding hydrogens is 174 g/mol. The van der Waals surface area contributed by atoms with E-state index in [1.807, 2.05) is 13.8 Å². The molecule has 0 aliphatic rings. The summed E-state index contributed by atoms with van der Waals surface area (Å²) in [4.78, 5) is 14.4. The predicted molar refractivity (Wildman–Crippen MR) is 61.6 cm³/mol. The number of pyridine rings is 1. The minimum Gasteiger partial charge on any atom is -0.295 e. The molecule has 0 radical (unpaired) electrons. The van der Waals surface area contributed by atoms with E-state index >= 15 is 0 Å². The molecule has 0 spiro atoms. The molecule has 80 valence electrons. The Bertz CT molecular complexity index is 219. The molecule has 0 N–H and O–H groups in total. The second-order valence-electron chi connectivity index (χ2n) is 2.50. The number of aromatic nitrogens is 1. The van der Waals surface area contributed by atoms with Crippen molar-refractivity contribution in [1.29, 1.82) is 0 Å². The molecule has 0 saturated heterocycles. The van der Waals surface area contributed by atoms with Gasteiger partial charge in [0.1, 0.15) is 0 Å². The molecule has 2 nitrogen and oxygen atoms in total.